The van der Waals surface area contributed by atoms with Gasteiger partial charge in [-0.15, -0.1) is 0 Å². The van der Waals surface area contributed by atoms with Gasteiger partial charge in [-0.1, -0.05) is 0 Å². The summed E-state index contributed by atoms with van der Waals surface area (Å²) in [4.78, 5) is 14.4. The van der Waals surface area contributed by atoms with Crippen LogP contribution in [0.1, 0.15) is 46.5 Å². The maximum atomic E-state index is 13.9. The SMILES string of the molecule is COCCNC(=O)c1cn[nH]c1[C@@H]1CCCN(C[C@@H](O)c2cc(F)ccc2F)C1. The van der Waals surface area contributed by atoms with Crippen molar-refractivity contribution < 1.29 is 23.4 Å². The maximum absolute atomic E-state index is 13.9. The fourth-order valence-corrected chi connectivity index (χ4v) is 3.72. The van der Waals surface area contributed by atoms with E-state index in [4.69, 9.17) is 4.74 Å². The molecule has 3 rings (SSSR count). The van der Waals surface area contributed by atoms with E-state index in [2.05, 4.69) is 15.5 Å². The van der Waals surface area contributed by atoms with E-state index in [0.717, 1.165) is 43.3 Å². The fourth-order valence-electron chi connectivity index (χ4n) is 3.72. The van der Waals surface area contributed by atoms with Gasteiger partial charge in [0, 0.05) is 38.2 Å². The number of β-amino-alcohol motifs (C(OH)–C–C–N with tert-alkyl or cyclic N) is 1. The van der Waals surface area contributed by atoms with E-state index in [9.17, 15) is 18.7 Å². The van der Waals surface area contributed by atoms with Crippen LogP contribution in [-0.2, 0) is 4.74 Å². The summed E-state index contributed by atoms with van der Waals surface area (Å²) in [6.45, 7) is 2.32. The van der Waals surface area contributed by atoms with Crippen molar-refractivity contribution in [3.63, 3.8) is 0 Å². The number of methoxy groups -OCH3 is 1. The van der Waals surface area contributed by atoms with Crippen LogP contribution in [0.4, 0.5) is 8.78 Å². The molecule has 7 nitrogen and oxygen atoms in total. The molecule has 2 aromatic rings. The third-order valence-electron chi connectivity index (χ3n) is 5.17. The number of ether oxygens (including phenoxy) is 1. The highest BCUT2D eigenvalue weighted by atomic mass is 19.1. The molecule has 1 aliphatic heterocycles. The molecule has 0 aliphatic carbocycles. The first-order valence-electron chi connectivity index (χ1n) is 9.65. The van der Waals surface area contributed by atoms with Crippen LogP contribution in [0, 0.1) is 11.6 Å². The van der Waals surface area contributed by atoms with Gasteiger partial charge in [-0.25, -0.2) is 8.78 Å². The first-order valence-corrected chi connectivity index (χ1v) is 9.65. The van der Waals surface area contributed by atoms with Crippen molar-refractivity contribution in [2.45, 2.75) is 24.9 Å². The molecule has 1 fully saturated rings. The summed E-state index contributed by atoms with van der Waals surface area (Å²) in [5, 5.41) is 20.2. The minimum absolute atomic E-state index is 0.0268. The van der Waals surface area contributed by atoms with Crippen LogP contribution in [0.3, 0.4) is 0 Å². The molecule has 1 aromatic carbocycles. The number of amides is 1. The molecule has 0 unspecified atom stereocenters. The fraction of sp³-hybridized carbons (Fsp3) is 0.500. The second-order valence-corrected chi connectivity index (χ2v) is 7.23. The van der Waals surface area contributed by atoms with Gasteiger partial charge >= 0.3 is 0 Å². The third kappa shape index (κ3) is 5.37. The molecule has 1 aromatic heterocycles. The van der Waals surface area contributed by atoms with E-state index < -0.39 is 17.7 Å². The van der Waals surface area contributed by atoms with E-state index in [1.165, 1.54) is 6.20 Å². The van der Waals surface area contributed by atoms with Gasteiger partial charge in [0.25, 0.3) is 5.91 Å². The Morgan fingerprint density at radius 3 is 3.10 bits per heavy atom. The summed E-state index contributed by atoms with van der Waals surface area (Å²) in [5.41, 5.74) is 1.19. The molecular weight excluding hydrogens is 382 g/mol. The Hall–Kier alpha value is -2.36. The standard InChI is InChI=1S/C20H26F2N4O3/c1-29-8-6-23-20(28)16-10-24-25-19(16)13-3-2-7-26(11-13)12-18(27)15-9-14(21)4-5-17(15)22/h4-5,9-10,13,18,27H,2-3,6-8,11-12H2,1H3,(H,23,28)(H,24,25)/t13-,18-/m1/s1. The first-order chi connectivity index (χ1) is 14.0. The number of rotatable bonds is 8. The number of aromatic nitrogens is 2. The molecule has 0 radical (unpaired) electrons. The number of H-pyrrole nitrogens is 1. The number of nitrogens with one attached hydrogen (secondary N) is 2. The van der Waals surface area contributed by atoms with Gasteiger partial charge in [0.2, 0.25) is 0 Å². The Morgan fingerprint density at radius 2 is 2.31 bits per heavy atom. The third-order valence-corrected chi connectivity index (χ3v) is 5.17. The molecule has 0 bridgehead atoms. The van der Waals surface area contributed by atoms with E-state index in [1.807, 2.05) is 4.90 Å². The molecule has 2 heterocycles. The van der Waals surface area contributed by atoms with Crippen LogP contribution in [0.5, 0.6) is 0 Å². The number of likely N-dealkylation sites (tertiary alicyclic amines) is 1. The zero-order valence-corrected chi connectivity index (χ0v) is 16.3. The summed E-state index contributed by atoms with van der Waals surface area (Å²) in [6.07, 6.45) is 2.09. The first kappa shape index (κ1) is 21.4. The number of carbonyl (C=O) groups excluding carboxylic acids is 1. The Kier molecular flexibility index (Phi) is 7.29. The molecular formula is C20H26F2N4O3. The quantitative estimate of drug-likeness (QED) is 0.581. The van der Waals surface area contributed by atoms with E-state index in [1.54, 1.807) is 7.11 Å². The Bertz CT molecular complexity index is 830. The average molecular weight is 408 g/mol. The van der Waals surface area contributed by atoms with Gasteiger partial charge < -0.3 is 15.2 Å². The van der Waals surface area contributed by atoms with Crippen LogP contribution in [0.15, 0.2) is 24.4 Å². The van der Waals surface area contributed by atoms with Crippen LogP contribution in [-0.4, -0.2) is 66.0 Å². The molecule has 2 atom stereocenters. The zero-order valence-electron chi connectivity index (χ0n) is 16.3. The van der Waals surface area contributed by atoms with Gasteiger partial charge in [0.1, 0.15) is 11.6 Å². The minimum Gasteiger partial charge on any atom is -0.387 e. The van der Waals surface area contributed by atoms with Gasteiger partial charge in [0.05, 0.1) is 30.2 Å². The van der Waals surface area contributed by atoms with E-state index in [0.29, 0.717) is 25.3 Å². The summed E-state index contributed by atoms with van der Waals surface area (Å²) in [7, 11) is 1.57. The van der Waals surface area contributed by atoms with Gasteiger partial charge in [-0.3, -0.25) is 14.8 Å². The summed E-state index contributed by atoms with van der Waals surface area (Å²) < 4.78 is 32.3. The van der Waals surface area contributed by atoms with Crippen molar-refractivity contribution in [3.05, 3.63) is 52.9 Å². The highest BCUT2D eigenvalue weighted by Gasteiger charge is 2.28. The molecule has 0 spiro atoms. The van der Waals surface area contributed by atoms with E-state index >= 15 is 0 Å². The predicted octanol–water partition coefficient (Wildman–Crippen LogP) is 1.98. The normalized spacial score (nSPS) is 18.6. The van der Waals surface area contributed by atoms with Crippen molar-refractivity contribution in [2.75, 3.05) is 39.9 Å². The topological polar surface area (TPSA) is 90.5 Å². The number of nitrogens with zero attached hydrogens (tertiary/aromatic N) is 2. The molecule has 9 heteroatoms. The highest BCUT2D eigenvalue weighted by Crippen LogP contribution is 2.29. The number of hydrogen-bond donors (Lipinski definition) is 3. The lowest BCUT2D eigenvalue weighted by Gasteiger charge is -2.33. The maximum Gasteiger partial charge on any atom is 0.254 e. The number of aromatic amines is 1. The lowest BCUT2D eigenvalue weighted by Crippen LogP contribution is -2.38. The number of carbonyl (C=O) groups is 1. The monoisotopic (exact) mass is 408 g/mol. The molecule has 3 N–H and O–H groups in total. The average Bonchev–Trinajstić information content (AvgIpc) is 3.20. The second-order valence-electron chi connectivity index (χ2n) is 7.23. The van der Waals surface area contributed by atoms with Crippen LogP contribution in [0.25, 0.3) is 0 Å². The van der Waals surface area contributed by atoms with Gasteiger partial charge in [0.15, 0.2) is 0 Å². The lowest BCUT2D eigenvalue weighted by atomic mass is 9.92. The van der Waals surface area contributed by atoms with Crippen LogP contribution >= 0.6 is 0 Å². The number of halogens is 2. The molecule has 158 valence electrons. The number of aliphatic hydroxyl groups is 1. The smallest absolute Gasteiger partial charge is 0.254 e. The molecule has 1 saturated heterocycles. The number of piperidine rings is 1. The van der Waals surface area contributed by atoms with Crippen molar-refractivity contribution in [1.29, 1.82) is 0 Å². The minimum atomic E-state index is -1.14. The molecule has 1 amide bonds. The molecule has 29 heavy (non-hydrogen) atoms. The van der Waals surface area contributed by atoms with Gasteiger partial charge in [-0.2, -0.15) is 5.10 Å². The molecule has 0 saturated carbocycles. The Labute approximate surface area is 168 Å². The zero-order chi connectivity index (χ0) is 20.8. The number of hydrogen-bond acceptors (Lipinski definition) is 5. The summed E-state index contributed by atoms with van der Waals surface area (Å²) in [6, 6.07) is 3.07. The van der Waals surface area contributed by atoms with Gasteiger partial charge in [-0.05, 0) is 37.6 Å². The van der Waals surface area contributed by atoms with Crippen molar-refractivity contribution in [2.24, 2.45) is 0 Å². The van der Waals surface area contributed by atoms with Crippen LogP contribution < -0.4 is 5.32 Å². The predicted molar refractivity (Wildman–Crippen MR) is 103 cm³/mol. The van der Waals surface area contributed by atoms with Crippen molar-refractivity contribution >= 4 is 5.91 Å². The largest absolute Gasteiger partial charge is 0.387 e. The summed E-state index contributed by atoms with van der Waals surface area (Å²) in [5.74, 6) is -1.40. The van der Waals surface area contributed by atoms with Crippen molar-refractivity contribution in [1.82, 2.24) is 20.4 Å². The van der Waals surface area contributed by atoms with Crippen LogP contribution in [0.2, 0.25) is 0 Å². The second kappa shape index (κ2) is 9.91. The Morgan fingerprint density at radius 1 is 1.48 bits per heavy atom. The number of aliphatic hydroxyl groups excluding tert-OH is 1. The summed E-state index contributed by atoms with van der Waals surface area (Å²) >= 11 is 0. The Balaban J connectivity index is 1.65. The number of benzene rings is 1. The molecule has 1 aliphatic rings. The lowest BCUT2D eigenvalue weighted by molar-refractivity contribution is 0.0900. The van der Waals surface area contributed by atoms with E-state index in [-0.39, 0.29) is 23.9 Å². The highest BCUT2D eigenvalue weighted by molar-refractivity contribution is 5.95. The van der Waals surface area contributed by atoms with Crippen molar-refractivity contribution in [3.8, 4) is 0 Å².